The Balaban J connectivity index is 1.35. The number of carbonyl (C=O) groups excluding carboxylic acids is 1. The molecule has 1 spiro atoms. The van der Waals surface area contributed by atoms with Gasteiger partial charge in [0.25, 0.3) is 0 Å². The van der Waals surface area contributed by atoms with Crippen LogP contribution in [0.25, 0.3) is 16.9 Å². The van der Waals surface area contributed by atoms with Gasteiger partial charge in [0, 0.05) is 44.0 Å². The maximum absolute atomic E-state index is 12.6. The van der Waals surface area contributed by atoms with Crippen molar-refractivity contribution in [1.82, 2.24) is 29.4 Å². The zero-order chi connectivity index (χ0) is 19.6. The van der Waals surface area contributed by atoms with Crippen molar-refractivity contribution in [2.75, 3.05) is 0 Å². The minimum atomic E-state index is -0.167. The third kappa shape index (κ3) is 2.40. The van der Waals surface area contributed by atoms with Gasteiger partial charge in [0.15, 0.2) is 11.5 Å². The van der Waals surface area contributed by atoms with Crippen molar-refractivity contribution in [1.29, 1.82) is 0 Å². The molecule has 6 rings (SSSR count). The molecule has 29 heavy (non-hydrogen) atoms. The molecule has 2 aliphatic carbocycles. The molecule has 1 fully saturated rings. The molecule has 0 atom stereocenters. The van der Waals surface area contributed by atoms with Gasteiger partial charge in [-0.2, -0.15) is 10.2 Å². The fourth-order valence-corrected chi connectivity index (χ4v) is 4.81. The SMILES string of the molecule is Cn1cc(-c2nccn3nc(Cc4ccc5c(c4)CC(=O)C54CCC4)nc23)cn1. The van der Waals surface area contributed by atoms with Crippen LogP contribution in [0.5, 0.6) is 0 Å². The molecule has 0 saturated heterocycles. The second-order valence-electron chi connectivity index (χ2n) is 8.18. The zero-order valence-corrected chi connectivity index (χ0v) is 16.2. The summed E-state index contributed by atoms with van der Waals surface area (Å²) in [6, 6.07) is 6.46. The molecule has 0 bridgehead atoms. The van der Waals surface area contributed by atoms with Crippen molar-refractivity contribution < 1.29 is 4.79 Å². The van der Waals surface area contributed by atoms with Crippen LogP contribution < -0.4 is 0 Å². The van der Waals surface area contributed by atoms with Crippen molar-refractivity contribution in [3.05, 3.63) is 65.5 Å². The van der Waals surface area contributed by atoms with Gasteiger partial charge in [0.1, 0.15) is 11.5 Å². The van der Waals surface area contributed by atoms with Crippen LogP contribution >= 0.6 is 0 Å². The molecule has 0 radical (unpaired) electrons. The molecular formula is C22H20N6O. The smallest absolute Gasteiger partial charge is 0.182 e. The maximum atomic E-state index is 12.6. The average molecular weight is 384 g/mol. The lowest BCUT2D eigenvalue weighted by Crippen LogP contribution is -2.39. The van der Waals surface area contributed by atoms with E-state index in [1.165, 1.54) is 11.1 Å². The van der Waals surface area contributed by atoms with Crippen molar-refractivity contribution in [2.45, 2.75) is 37.5 Å². The van der Waals surface area contributed by atoms with Crippen LogP contribution in [0.3, 0.4) is 0 Å². The summed E-state index contributed by atoms with van der Waals surface area (Å²) in [5.41, 5.74) is 5.82. The molecule has 0 N–H and O–H groups in total. The second-order valence-corrected chi connectivity index (χ2v) is 8.18. The highest BCUT2D eigenvalue weighted by Gasteiger charge is 2.50. The molecule has 144 valence electrons. The van der Waals surface area contributed by atoms with E-state index in [9.17, 15) is 4.79 Å². The highest BCUT2D eigenvalue weighted by molar-refractivity contribution is 5.97. The van der Waals surface area contributed by atoms with Gasteiger partial charge < -0.3 is 0 Å². The molecule has 0 unspecified atom stereocenters. The van der Waals surface area contributed by atoms with Crippen LogP contribution in [0, 0.1) is 0 Å². The number of fused-ring (bicyclic) bond motifs is 3. The molecule has 1 aromatic carbocycles. The van der Waals surface area contributed by atoms with E-state index >= 15 is 0 Å². The summed E-state index contributed by atoms with van der Waals surface area (Å²) >= 11 is 0. The van der Waals surface area contributed by atoms with E-state index in [1.807, 2.05) is 19.4 Å². The Morgan fingerprint density at radius 3 is 2.90 bits per heavy atom. The number of nitrogens with zero attached hydrogens (tertiary/aromatic N) is 6. The topological polar surface area (TPSA) is 78.0 Å². The van der Waals surface area contributed by atoms with Crippen LogP contribution in [0.2, 0.25) is 0 Å². The van der Waals surface area contributed by atoms with Gasteiger partial charge in [-0.3, -0.25) is 14.5 Å². The van der Waals surface area contributed by atoms with Crippen LogP contribution in [0.4, 0.5) is 0 Å². The lowest BCUT2D eigenvalue weighted by atomic mass is 9.64. The summed E-state index contributed by atoms with van der Waals surface area (Å²) in [6.45, 7) is 0. The van der Waals surface area contributed by atoms with E-state index in [4.69, 9.17) is 4.98 Å². The Hall–Kier alpha value is -3.35. The second kappa shape index (κ2) is 5.83. The first-order valence-corrected chi connectivity index (χ1v) is 9.97. The predicted molar refractivity (Wildman–Crippen MR) is 106 cm³/mol. The minimum absolute atomic E-state index is 0.167. The molecule has 2 aliphatic rings. The van der Waals surface area contributed by atoms with E-state index < -0.39 is 0 Å². The number of hydrogen-bond acceptors (Lipinski definition) is 5. The minimum Gasteiger partial charge on any atom is -0.298 e. The highest BCUT2D eigenvalue weighted by atomic mass is 16.1. The highest BCUT2D eigenvalue weighted by Crippen LogP contribution is 2.50. The molecular weight excluding hydrogens is 364 g/mol. The van der Waals surface area contributed by atoms with Crippen molar-refractivity contribution in [3.63, 3.8) is 0 Å². The third-order valence-corrected chi connectivity index (χ3v) is 6.42. The van der Waals surface area contributed by atoms with Crippen molar-refractivity contribution in [2.24, 2.45) is 7.05 Å². The van der Waals surface area contributed by atoms with Gasteiger partial charge in [-0.25, -0.2) is 9.50 Å². The summed E-state index contributed by atoms with van der Waals surface area (Å²) in [5.74, 6) is 1.14. The molecule has 3 heterocycles. The third-order valence-electron chi connectivity index (χ3n) is 6.42. The number of Topliss-reactive ketones (excluding diaryl/α,β-unsaturated/α-hetero) is 1. The van der Waals surface area contributed by atoms with Crippen molar-refractivity contribution in [3.8, 4) is 11.3 Å². The summed E-state index contributed by atoms with van der Waals surface area (Å²) in [6.07, 6.45) is 11.6. The fraction of sp³-hybridized carbons (Fsp3) is 0.318. The molecule has 3 aromatic heterocycles. The van der Waals surface area contributed by atoms with E-state index in [1.54, 1.807) is 21.6 Å². The fourth-order valence-electron chi connectivity index (χ4n) is 4.81. The Morgan fingerprint density at radius 1 is 1.24 bits per heavy atom. The lowest BCUT2D eigenvalue weighted by Gasteiger charge is -2.37. The van der Waals surface area contributed by atoms with Gasteiger partial charge in [0.05, 0.1) is 11.6 Å². The average Bonchev–Trinajstić information content (AvgIpc) is 3.34. The first kappa shape index (κ1) is 16.6. The monoisotopic (exact) mass is 384 g/mol. The first-order chi connectivity index (χ1) is 14.1. The number of hydrogen-bond donors (Lipinski definition) is 0. The molecule has 4 aromatic rings. The number of aryl methyl sites for hydroxylation is 1. The number of rotatable bonds is 3. The van der Waals surface area contributed by atoms with Gasteiger partial charge in [-0.1, -0.05) is 24.6 Å². The first-order valence-electron chi connectivity index (χ1n) is 9.97. The number of aromatic nitrogens is 6. The Morgan fingerprint density at radius 2 is 2.14 bits per heavy atom. The summed E-state index contributed by atoms with van der Waals surface area (Å²) in [5, 5.41) is 8.87. The summed E-state index contributed by atoms with van der Waals surface area (Å²) in [7, 11) is 1.88. The van der Waals surface area contributed by atoms with Gasteiger partial charge in [-0.15, -0.1) is 0 Å². The quantitative estimate of drug-likeness (QED) is 0.543. The van der Waals surface area contributed by atoms with Crippen LogP contribution in [-0.4, -0.2) is 35.1 Å². The van der Waals surface area contributed by atoms with Gasteiger partial charge in [-0.05, 0) is 29.5 Å². The molecule has 7 nitrogen and oxygen atoms in total. The summed E-state index contributed by atoms with van der Waals surface area (Å²) in [4.78, 5) is 21.8. The normalized spacial score (nSPS) is 17.1. The summed E-state index contributed by atoms with van der Waals surface area (Å²) < 4.78 is 3.52. The predicted octanol–water partition coefficient (Wildman–Crippen LogP) is 2.66. The molecule has 0 amide bonds. The van der Waals surface area contributed by atoms with Crippen molar-refractivity contribution >= 4 is 11.4 Å². The van der Waals surface area contributed by atoms with Crippen LogP contribution in [0.1, 0.15) is 41.8 Å². The Kier molecular flexibility index (Phi) is 3.33. The Bertz CT molecular complexity index is 1280. The molecule has 0 aliphatic heterocycles. The standard InChI is InChI=1S/C22H20N6O/c1-27-13-16(12-24-27)20-21-25-19(26-28(21)8-7-23-20)10-14-3-4-17-15(9-14)11-18(29)22(17)5-2-6-22/h3-4,7-9,12-13H,2,5-6,10-11H2,1H3. The van der Waals surface area contributed by atoms with E-state index in [2.05, 4.69) is 33.4 Å². The Labute approximate surface area is 167 Å². The van der Waals surface area contributed by atoms with Gasteiger partial charge in [0.2, 0.25) is 0 Å². The zero-order valence-electron chi connectivity index (χ0n) is 16.2. The lowest BCUT2D eigenvalue weighted by molar-refractivity contribution is -0.125. The van der Waals surface area contributed by atoms with E-state index in [-0.39, 0.29) is 5.41 Å². The maximum Gasteiger partial charge on any atom is 0.182 e. The largest absolute Gasteiger partial charge is 0.298 e. The van der Waals surface area contributed by atoms with Crippen LogP contribution in [0.15, 0.2) is 43.0 Å². The number of ketones is 1. The van der Waals surface area contributed by atoms with Gasteiger partial charge >= 0.3 is 0 Å². The molecule has 1 saturated carbocycles. The van der Waals surface area contributed by atoms with E-state index in [0.29, 0.717) is 18.6 Å². The van der Waals surface area contributed by atoms with Crippen LogP contribution in [-0.2, 0) is 30.1 Å². The number of carbonyl (C=O) groups is 1. The molecule has 7 heteroatoms. The number of benzene rings is 1. The van der Waals surface area contributed by atoms with E-state index in [0.717, 1.165) is 47.6 Å².